The number of rotatable bonds is 4. The number of hydrogen-bond acceptors (Lipinski definition) is 1. The van der Waals surface area contributed by atoms with Gasteiger partial charge in [0, 0.05) is 15.2 Å². The highest BCUT2D eigenvalue weighted by atomic mass is 127. The molecule has 0 saturated heterocycles. The van der Waals surface area contributed by atoms with Crippen LogP contribution in [0.5, 0.6) is 0 Å². The van der Waals surface area contributed by atoms with E-state index in [1.807, 2.05) is 24.3 Å². The predicted octanol–water partition coefficient (Wildman–Crippen LogP) is 3.46. The van der Waals surface area contributed by atoms with Gasteiger partial charge in [0.05, 0.1) is 0 Å². The van der Waals surface area contributed by atoms with Gasteiger partial charge in [-0.05, 0) is 53.1 Å². The maximum atomic E-state index is 12.0. The molecule has 1 rings (SSSR count). The van der Waals surface area contributed by atoms with Crippen LogP contribution in [0.2, 0.25) is 0 Å². The van der Waals surface area contributed by atoms with Crippen LogP contribution >= 0.6 is 22.6 Å². The van der Waals surface area contributed by atoms with Crippen LogP contribution in [0.15, 0.2) is 24.3 Å². The van der Waals surface area contributed by atoms with Crippen molar-refractivity contribution in [2.45, 2.75) is 33.2 Å². The second kappa shape index (κ2) is 6.23. The van der Waals surface area contributed by atoms with Crippen molar-refractivity contribution in [3.8, 4) is 0 Å². The van der Waals surface area contributed by atoms with Crippen molar-refractivity contribution in [1.29, 1.82) is 0 Å². The second-order valence-corrected chi connectivity index (χ2v) is 5.49. The van der Waals surface area contributed by atoms with Gasteiger partial charge in [-0.15, -0.1) is 0 Å². The van der Waals surface area contributed by atoms with Gasteiger partial charge in [-0.2, -0.15) is 0 Å². The van der Waals surface area contributed by atoms with Crippen molar-refractivity contribution in [3.63, 3.8) is 0 Å². The molecule has 0 radical (unpaired) electrons. The largest absolute Gasteiger partial charge is 0.349 e. The van der Waals surface area contributed by atoms with Crippen LogP contribution in [-0.2, 0) is 0 Å². The fraction of sp³-hybridized carbons (Fsp3) is 0.462. The Bertz CT molecular complexity index is 363. The molecule has 0 heterocycles. The molecule has 1 aromatic rings. The minimum atomic E-state index is 0.0269. The standard InChI is InChI=1S/C13H18INO/c1-4-12(9(2)3)15-13(16)10-6-5-7-11(14)8-10/h5-9,12H,4H2,1-3H3,(H,15,16). The Morgan fingerprint density at radius 3 is 2.62 bits per heavy atom. The smallest absolute Gasteiger partial charge is 0.251 e. The zero-order chi connectivity index (χ0) is 12.1. The first-order valence-electron chi connectivity index (χ1n) is 5.61. The van der Waals surface area contributed by atoms with Crippen LogP contribution in [0.1, 0.15) is 37.6 Å². The molecule has 0 spiro atoms. The van der Waals surface area contributed by atoms with Crippen LogP contribution in [0.4, 0.5) is 0 Å². The number of benzene rings is 1. The molecule has 0 aliphatic rings. The summed E-state index contributed by atoms with van der Waals surface area (Å²) in [6, 6.07) is 7.91. The van der Waals surface area contributed by atoms with Crippen LogP contribution in [-0.4, -0.2) is 11.9 Å². The second-order valence-electron chi connectivity index (χ2n) is 4.24. The zero-order valence-electron chi connectivity index (χ0n) is 9.96. The van der Waals surface area contributed by atoms with E-state index in [4.69, 9.17) is 0 Å². The van der Waals surface area contributed by atoms with E-state index in [9.17, 15) is 4.79 Å². The molecule has 0 aromatic heterocycles. The molecule has 0 aliphatic heterocycles. The molecule has 0 saturated carbocycles. The first-order chi connectivity index (χ1) is 7.54. The Kier molecular flexibility index (Phi) is 5.25. The summed E-state index contributed by atoms with van der Waals surface area (Å²) in [5.74, 6) is 0.496. The SMILES string of the molecule is CCC(NC(=O)c1cccc(I)c1)C(C)C. The molecule has 16 heavy (non-hydrogen) atoms. The maximum Gasteiger partial charge on any atom is 0.251 e. The van der Waals surface area contributed by atoms with Crippen molar-refractivity contribution in [1.82, 2.24) is 5.32 Å². The number of carbonyl (C=O) groups excluding carboxylic acids is 1. The van der Waals surface area contributed by atoms with Crippen LogP contribution in [0.25, 0.3) is 0 Å². The van der Waals surface area contributed by atoms with Crippen molar-refractivity contribution in [2.24, 2.45) is 5.92 Å². The molecular weight excluding hydrogens is 313 g/mol. The minimum Gasteiger partial charge on any atom is -0.349 e. The van der Waals surface area contributed by atoms with Crippen LogP contribution < -0.4 is 5.32 Å². The summed E-state index contributed by atoms with van der Waals surface area (Å²) in [6.45, 7) is 6.35. The lowest BCUT2D eigenvalue weighted by atomic mass is 10.0. The Labute approximate surface area is 111 Å². The summed E-state index contributed by atoms with van der Waals surface area (Å²) in [7, 11) is 0. The highest BCUT2D eigenvalue weighted by Gasteiger charge is 2.15. The quantitative estimate of drug-likeness (QED) is 0.841. The molecule has 1 aromatic carbocycles. The third-order valence-electron chi connectivity index (χ3n) is 2.65. The Morgan fingerprint density at radius 1 is 1.44 bits per heavy atom. The molecular formula is C13H18INO. The van der Waals surface area contributed by atoms with E-state index in [-0.39, 0.29) is 11.9 Å². The van der Waals surface area contributed by atoms with E-state index in [2.05, 4.69) is 48.7 Å². The van der Waals surface area contributed by atoms with Crippen LogP contribution in [0, 0.1) is 9.49 Å². The number of halogens is 1. The van der Waals surface area contributed by atoms with Gasteiger partial charge in [0.15, 0.2) is 0 Å². The van der Waals surface area contributed by atoms with Gasteiger partial charge in [-0.25, -0.2) is 0 Å². The average Bonchev–Trinajstić information content (AvgIpc) is 2.25. The Morgan fingerprint density at radius 2 is 2.12 bits per heavy atom. The monoisotopic (exact) mass is 331 g/mol. The van der Waals surface area contributed by atoms with E-state index < -0.39 is 0 Å². The third-order valence-corrected chi connectivity index (χ3v) is 3.32. The van der Waals surface area contributed by atoms with Gasteiger partial charge in [0.25, 0.3) is 5.91 Å². The van der Waals surface area contributed by atoms with E-state index in [0.717, 1.165) is 15.6 Å². The lowest BCUT2D eigenvalue weighted by Crippen LogP contribution is -2.38. The highest BCUT2D eigenvalue weighted by molar-refractivity contribution is 14.1. The molecule has 1 unspecified atom stereocenters. The molecule has 1 amide bonds. The maximum absolute atomic E-state index is 12.0. The van der Waals surface area contributed by atoms with Crippen molar-refractivity contribution < 1.29 is 4.79 Å². The topological polar surface area (TPSA) is 29.1 Å². The average molecular weight is 331 g/mol. The number of nitrogens with one attached hydrogen (secondary N) is 1. The van der Waals surface area contributed by atoms with Gasteiger partial charge in [-0.3, -0.25) is 4.79 Å². The fourth-order valence-corrected chi connectivity index (χ4v) is 2.16. The summed E-state index contributed by atoms with van der Waals surface area (Å²) in [4.78, 5) is 12.0. The van der Waals surface area contributed by atoms with E-state index in [1.54, 1.807) is 0 Å². The lowest BCUT2D eigenvalue weighted by molar-refractivity contribution is 0.0924. The van der Waals surface area contributed by atoms with Gasteiger partial charge in [0.2, 0.25) is 0 Å². The first kappa shape index (κ1) is 13.5. The van der Waals surface area contributed by atoms with Crippen LogP contribution in [0.3, 0.4) is 0 Å². The third kappa shape index (κ3) is 3.77. The van der Waals surface area contributed by atoms with Gasteiger partial charge in [-0.1, -0.05) is 26.8 Å². The molecule has 1 N–H and O–H groups in total. The summed E-state index contributed by atoms with van der Waals surface area (Å²) in [6.07, 6.45) is 0.966. The normalized spacial score (nSPS) is 12.6. The van der Waals surface area contributed by atoms with Crippen molar-refractivity contribution >= 4 is 28.5 Å². The summed E-state index contributed by atoms with van der Waals surface area (Å²) >= 11 is 2.22. The van der Waals surface area contributed by atoms with Gasteiger partial charge < -0.3 is 5.32 Å². The molecule has 0 aliphatic carbocycles. The van der Waals surface area contributed by atoms with Crippen molar-refractivity contribution in [3.05, 3.63) is 33.4 Å². The van der Waals surface area contributed by atoms with Gasteiger partial charge in [0.1, 0.15) is 0 Å². The molecule has 1 atom stereocenters. The Hall–Kier alpha value is -0.580. The molecule has 2 nitrogen and oxygen atoms in total. The highest BCUT2D eigenvalue weighted by Crippen LogP contribution is 2.10. The molecule has 3 heteroatoms. The zero-order valence-corrected chi connectivity index (χ0v) is 12.1. The van der Waals surface area contributed by atoms with E-state index in [0.29, 0.717) is 5.92 Å². The number of carbonyl (C=O) groups is 1. The van der Waals surface area contributed by atoms with E-state index >= 15 is 0 Å². The Balaban J connectivity index is 2.72. The lowest BCUT2D eigenvalue weighted by Gasteiger charge is -2.20. The minimum absolute atomic E-state index is 0.0269. The first-order valence-corrected chi connectivity index (χ1v) is 6.69. The summed E-state index contributed by atoms with van der Waals surface area (Å²) in [5.41, 5.74) is 0.742. The van der Waals surface area contributed by atoms with Gasteiger partial charge >= 0.3 is 0 Å². The summed E-state index contributed by atoms with van der Waals surface area (Å²) in [5, 5.41) is 3.07. The van der Waals surface area contributed by atoms with Crippen molar-refractivity contribution in [2.75, 3.05) is 0 Å². The fourth-order valence-electron chi connectivity index (χ4n) is 1.62. The molecule has 0 bridgehead atoms. The molecule has 0 fully saturated rings. The predicted molar refractivity (Wildman–Crippen MR) is 75.5 cm³/mol. The number of amides is 1. The summed E-state index contributed by atoms with van der Waals surface area (Å²) < 4.78 is 1.09. The number of hydrogen-bond donors (Lipinski definition) is 1. The molecule has 88 valence electrons. The van der Waals surface area contributed by atoms with E-state index in [1.165, 1.54) is 0 Å².